The molecule has 0 unspecified atom stereocenters. The molecule has 0 bridgehead atoms. The van der Waals surface area contributed by atoms with Crippen molar-refractivity contribution in [3.05, 3.63) is 16.0 Å². The molecule has 1 atom stereocenters. The molecule has 11 heteroatoms. The van der Waals surface area contributed by atoms with Crippen molar-refractivity contribution in [2.24, 2.45) is 0 Å². The third-order valence-electron chi connectivity index (χ3n) is 3.98. The minimum absolute atomic E-state index is 0.0360. The van der Waals surface area contributed by atoms with E-state index in [1.54, 1.807) is 0 Å². The molecule has 1 heterocycles. The summed E-state index contributed by atoms with van der Waals surface area (Å²) in [6.07, 6.45) is -3.87. The Hall–Kier alpha value is -2.48. The first-order chi connectivity index (χ1) is 12.2. The Kier molecular flexibility index (Phi) is 5.65. The lowest BCUT2D eigenvalue weighted by molar-refractivity contribution is -0.203. The summed E-state index contributed by atoms with van der Waals surface area (Å²) in [5.74, 6) is -1.79. The number of anilines is 1. The maximum Gasteiger partial charge on any atom is 0.442 e. The number of alkyl carbamates (subject to hydrolysis) is 1. The number of nitrogens with zero attached hydrogens (tertiary/aromatic N) is 1. The van der Waals surface area contributed by atoms with E-state index in [0.29, 0.717) is 18.4 Å². The van der Waals surface area contributed by atoms with Gasteiger partial charge in [-0.05, 0) is 31.2 Å². The zero-order valence-corrected chi connectivity index (χ0v) is 14.8. The third-order valence-corrected chi connectivity index (χ3v) is 5.18. The van der Waals surface area contributed by atoms with Crippen LogP contribution in [0.4, 0.5) is 23.0 Å². The Morgan fingerprint density at radius 3 is 2.38 bits per heavy atom. The van der Waals surface area contributed by atoms with Gasteiger partial charge in [0.25, 0.3) is 0 Å². The first-order valence-corrected chi connectivity index (χ1v) is 8.36. The van der Waals surface area contributed by atoms with Gasteiger partial charge in [0.2, 0.25) is 0 Å². The van der Waals surface area contributed by atoms with Crippen LogP contribution >= 0.6 is 11.3 Å². The standard InChI is InChI=1S/C15H16F3N3O4S/c1-24-12(22)14(15(16,17)18,21-13(23)25-2)20-11-9(7-19)8-5-3-4-6-10(8)26-11/h20H,3-6H2,1-2H3,(H,21,23)/t14-/m1/s1. The first kappa shape index (κ1) is 19.8. The van der Waals surface area contributed by atoms with Gasteiger partial charge in [-0.25, -0.2) is 9.59 Å². The molecule has 0 aliphatic heterocycles. The Labute approximate surface area is 151 Å². The van der Waals surface area contributed by atoms with E-state index in [1.807, 2.05) is 11.4 Å². The van der Waals surface area contributed by atoms with Crippen LogP contribution in [0.3, 0.4) is 0 Å². The molecule has 7 nitrogen and oxygen atoms in total. The van der Waals surface area contributed by atoms with Gasteiger partial charge < -0.3 is 14.8 Å². The molecule has 1 aromatic rings. The number of esters is 1. The van der Waals surface area contributed by atoms with Crippen LogP contribution in [0, 0.1) is 11.3 Å². The fourth-order valence-electron chi connectivity index (χ4n) is 2.69. The zero-order chi connectivity index (χ0) is 19.5. The highest BCUT2D eigenvalue weighted by Crippen LogP contribution is 2.41. The number of hydrogen-bond acceptors (Lipinski definition) is 7. The van der Waals surface area contributed by atoms with Crippen molar-refractivity contribution in [2.75, 3.05) is 19.5 Å². The van der Waals surface area contributed by atoms with Crippen LogP contribution in [0.5, 0.6) is 0 Å². The monoisotopic (exact) mass is 391 g/mol. The molecule has 0 saturated heterocycles. The molecular formula is C15H16F3N3O4S. The topological polar surface area (TPSA) is 100 Å². The molecule has 1 aliphatic rings. The van der Waals surface area contributed by atoms with Crippen molar-refractivity contribution in [3.63, 3.8) is 0 Å². The molecule has 0 saturated carbocycles. The molecule has 1 amide bonds. The summed E-state index contributed by atoms with van der Waals surface area (Å²) >= 11 is 0.959. The first-order valence-electron chi connectivity index (χ1n) is 7.54. The summed E-state index contributed by atoms with van der Waals surface area (Å²) in [6.45, 7) is 0. The largest absolute Gasteiger partial charge is 0.466 e. The van der Waals surface area contributed by atoms with Crippen molar-refractivity contribution in [1.29, 1.82) is 5.26 Å². The number of methoxy groups -OCH3 is 2. The predicted octanol–water partition coefficient (Wildman–Crippen LogP) is 2.70. The molecule has 2 N–H and O–H groups in total. The fourth-order valence-corrected chi connectivity index (χ4v) is 3.99. The number of fused-ring (bicyclic) bond motifs is 1. The number of thiophene rings is 1. The summed E-state index contributed by atoms with van der Waals surface area (Å²) in [6, 6.07) is 1.89. The average Bonchev–Trinajstić information content (AvgIpc) is 2.95. The zero-order valence-electron chi connectivity index (χ0n) is 14.0. The van der Waals surface area contributed by atoms with Crippen LogP contribution in [-0.2, 0) is 27.1 Å². The lowest BCUT2D eigenvalue weighted by Gasteiger charge is -2.34. The van der Waals surface area contributed by atoms with Crippen molar-refractivity contribution in [1.82, 2.24) is 5.32 Å². The van der Waals surface area contributed by atoms with E-state index < -0.39 is 23.9 Å². The number of carbonyl (C=O) groups excluding carboxylic acids is 2. The predicted molar refractivity (Wildman–Crippen MR) is 85.6 cm³/mol. The number of amides is 1. The highest BCUT2D eigenvalue weighted by molar-refractivity contribution is 7.16. The van der Waals surface area contributed by atoms with Crippen LogP contribution in [0.1, 0.15) is 28.8 Å². The summed E-state index contributed by atoms with van der Waals surface area (Å²) in [4.78, 5) is 24.3. The van der Waals surface area contributed by atoms with Crippen LogP contribution in [0.2, 0.25) is 0 Å². The van der Waals surface area contributed by atoms with Gasteiger partial charge >= 0.3 is 23.9 Å². The molecule has 1 aromatic heterocycles. The van der Waals surface area contributed by atoms with Gasteiger partial charge in [0.15, 0.2) is 0 Å². The van der Waals surface area contributed by atoms with Crippen LogP contribution in [-0.4, -0.2) is 38.1 Å². The van der Waals surface area contributed by atoms with E-state index in [9.17, 15) is 28.0 Å². The van der Waals surface area contributed by atoms with Crippen molar-refractivity contribution >= 4 is 28.4 Å². The number of ether oxygens (including phenoxy) is 2. The van der Waals surface area contributed by atoms with Crippen molar-refractivity contribution in [3.8, 4) is 6.07 Å². The Bertz CT molecular complexity index is 757. The smallest absolute Gasteiger partial charge is 0.442 e. The van der Waals surface area contributed by atoms with Gasteiger partial charge in [0.05, 0.1) is 19.8 Å². The second-order valence-corrected chi connectivity index (χ2v) is 6.61. The summed E-state index contributed by atoms with van der Waals surface area (Å²) in [7, 11) is 1.62. The summed E-state index contributed by atoms with van der Waals surface area (Å²) in [5.41, 5.74) is -2.88. The molecular weight excluding hydrogens is 375 g/mol. The van der Waals surface area contributed by atoms with E-state index in [-0.39, 0.29) is 10.6 Å². The number of nitriles is 1. The lowest BCUT2D eigenvalue weighted by atomic mass is 9.96. The van der Waals surface area contributed by atoms with Crippen molar-refractivity contribution in [2.45, 2.75) is 37.5 Å². The van der Waals surface area contributed by atoms with E-state index in [2.05, 4.69) is 9.47 Å². The minimum atomic E-state index is -5.27. The highest BCUT2D eigenvalue weighted by atomic mass is 32.1. The van der Waals surface area contributed by atoms with Gasteiger partial charge in [0.1, 0.15) is 11.1 Å². The molecule has 0 aromatic carbocycles. The number of aryl methyl sites for hydroxylation is 1. The van der Waals surface area contributed by atoms with Crippen LogP contribution < -0.4 is 10.6 Å². The molecule has 1 aliphatic carbocycles. The van der Waals surface area contributed by atoms with Gasteiger partial charge in [-0.3, -0.25) is 5.32 Å². The van der Waals surface area contributed by atoms with Crippen molar-refractivity contribution < 1.29 is 32.2 Å². The Morgan fingerprint density at radius 2 is 1.85 bits per heavy atom. The van der Waals surface area contributed by atoms with Crippen LogP contribution in [0.15, 0.2) is 0 Å². The molecule has 26 heavy (non-hydrogen) atoms. The Morgan fingerprint density at radius 1 is 1.19 bits per heavy atom. The number of carbonyl (C=O) groups is 2. The lowest BCUT2D eigenvalue weighted by Crippen LogP contribution is -2.69. The van der Waals surface area contributed by atoms with E-state index in [4.69, 9.17) is 0 Å². The molecule has 2 rings (SSSR count). The second-order valence-electron chi connectivity index (χ2n) is 5.51. The number of hydrogen-bond donors (Lipinski definition) is 2. The molecule has 0 spiro atoms. The van der Waals surface area contributed by atoms with Gasteiger partial charge in [-0.1, -0.05) is 0 Å². The molecule has 0 radical (unpaired) electrons. The van der Waals surface area contributed by atoms with E-state index in [1.165, 1.54) is 5.32 Å². The van der Waals surface area contributed by atoms with Gasteiger partial charge in [-0.15, -0.1) is 11.3 Å². The number of rotatable bonds is 4. The maximum absolute atomic E-state index is 13.8. The summed E-state index contributed by atoms with van der Waals surface area (Å²) in [5, 5.41) is 12.7. The highest BCUT2D eigenvalue weighted by Gasteiger charge is 2.64. The quantitative estimate of drug-likeness (QED) is 0.605. The minimum Gasteiger partial charge on any atom is -0.466 e. The maximum atomic E-state index is 13.8. The van der Waals surface area contributed by atoms with Gasteiger partial charge in [0, 0.05) is 4.88 Å². The molecule has 0 fully saturated rings. The van der Waals surface area contributed by atoms with E-state index >= 15 is 0 Å². The average molecular weight is 391 g/mol. The van der Waals surface area contributed by atoms with Gasteiger partial charge in [-0.2, -0.15) is 18.4 Å². The number of halogens is 3. The third kappa shape index (κ3) is 3.41. The second kappa shape index (κ2) is 7.41. The SMILES string of the molecule is COC(=O)N[C@](Nc1sc2c(c1C#N)CCCC2)(C(=O)OC)C(F)(F)F. The normalized spacial score (nSPS) is 15.8. The fraction of sp³-hybridized carbons (Fsp3) is 0.533. The van der Waals surface area contributed by atoms with E-state index in [0.717, 1.165) is 43.3 Å². The van der Waals surface area contributed by atoms with Crippen LogP contribution in [0.25, 0.3) is 0 Å². The number of alkyl halides is 3. The number of nitrogens with one attached hydrogen (secondary N) is 2. The Balaban J connectivity index is 2.57. The summed E-state index contributed by atoms with van der Waals surface area (Å²) < 4.78 is 49.9. The molecule has 142 valence electrons.